The number of aliphatic hydroxyl groups excluding tert-OH is 1. The van der Waals surface area contributed by atoms with Crippen LogP contribution in [0.1, 0.15) is 67.7 Å². The molecule has 0 aliphatic carbocycles. The molecule has 3 N–H and O–H groups in total. The van der Waals surface area contributed by atoms with Gasteiger partial charge in [-0.25, -0.2) is 4.79 Å². The molecule has 0 bridgehead atoms. The molecule has 13 nitrogen and oxygen atoms in total. The first kappa shape index (κ1) is 38.6. The number of nitrogens with zero attached hydrogens (tertiary/aromatic N) is 2. The van der Waals surface area contributed by atoms with Crippen LogP contribution in [0.5, 0.6) is 0 Å². The lowest BCUT2D eigenvalue weighted by atomic mass is 9.78. The number of cyclic esters (lactones) is 1. The van der Waals surface area contributed by atoms with Gasteiger partial charge in [0.2, 0.25) is 0 Å². The lowest BCUT2D eigenvalue weighted by Gasteiger charge is -2.47. The number of amides is 1. The Balaban J connectivity index is 2.03. The highest BCUT2D eigenvalue weighted by Crippen LogP contribution is 2.37. The van der Waals surface area contributed by atoms with Crippen molar-refractivity contribution in [1.29, 1.82) is 0 Å². The molecule has 13 heteroatoms. The molecule has 3 saturated heterocycles. The van der Waals surface area contributed by atoms with Crippen molar-refractivity contribution >= 4 is 17.8 Å². The second kappa shape index (κ2) is 15.6. The Hall–Kier alpha value is -1.87. The average Bonchev–Trinajstić information content (AvgIpc) is 3.30. The summed E-state index contributed by atoms with van der Waals surface area (Å²) in [4.78, 5) is 44.2. The number of aliphatic hydroxyl groups is 1. The van der Waals surface area contributed by atoms with Crippen molar-refractivity contribution in [1.82, 2.24) is 20.4 Å². The molecule has 0 aromatic rings. The molecule has 0 aromatic heterocycles. The molecule has 1 amide bonds. The van der Waals surface area contributed by atoms with Crippen LogP contribution in [0.25, 0.3) is 0 Å². The molecule has 0 spiro atoms. The SMILES string of the molecule is CC[C@H]1OC(=O)C(C)C(=O)[C@H](C)[C@@H](OC2OC(CN(C)C)CC(N(C)C)C2O)[C@](C)(OC)C[C@@H](C)CN[C@H](C)[C@H]2NC(=O)O[C@@]21C. The molecular weight excluding hydrogens is 596 g/mol. The molecule has 266 valence electrons. The fraction of sp³-hybridized carbons (Fsp3) is 0.909. The lowest BCUT2D eigenvalue weighted by Crippen LogP contribution is -2.60. The topological polar surface area (TPSA) is 148 Å². The van der Waals surface area contributed by atoms with Crippen molar-refractivity contribution in [2.45, 2.75) is 128 Å². The highest BCUT2D eigenvalue weighted by atomic mass is 16.7. The zero-order valence-electron chi connectivity index (χ0n) is 30.0. The maximum atomic E-state index is 14.1. The standard InChI is InChI=1S/C33H60N4O9/c1-13-24-33(7)27(35-31(41)46-33)21(5)34-16-18(2)15-32(6,42-12)28(19(3)25(38)20(4)29(40)44-24)45-30-26(39)23(37(10)11)14-22(43-30)17-36(8)9/h18-24,26-28,30,34,39H,13-17H2,1-12H3,(H,35,41)/t18-,19+,20?,21-,22?,23?,24-,26?,27-,28-,30?,32-,33-/m1/s1. The van der Waals surface area contributed by atoms with E-state index in [1.54, 1.807) is 21.0 Å². The maximum Gasteiger partial charge on any atom is 0.408 e. The number of Topliss-reactive ketones (excluding diaryl/α,β-unsaturated/α-hetero) is 1. The minimum Gasteiger partial charge on any atom is -0.458 e. The van der Waals surface area contributed by atoms with Crippen molar-refractivity contribution in [3.8, 4) is 0 Å². The minimum absolute atomic E-state index is 0.0284. The van der Waals surface area contributed by atoms with Gasteiger partial charge in [0.1, 0.15) is 18.1 Å². The molecule has 0 saturated carbocycles. The van der Waals surface area contributed by atoms with Crippen LogP contribution in [0.4, 0.5) is 4.79 Å². The molecule has 0 aromatic carbocycles. The van der Waals surface area contributed by atoms with Crippen molar-refractivity contribution in [2.24, 2.45) is 17.8 Å². The summed E-state index contributed by atoms with van der Waals surface area (Å²) in [5.74, 6) is -3.05. The Morgan fingerprint density at radius 1 is 1.07 bits per heavy atom. The van der Waals surface area contributed by atoms with E-state index < -0.39 is 65.7 Å². The van der Waals surface area contributed by atoms with Gasteiger partial charge in [-0.05, 0) is 87.6 Å². The molecular formula is C33H60N4O9. The van der Waals surface area contributed by atoms with Gasteiger partial charge in [0.05, 0.1) is 23.9 Å². The Morgan fingerprint density at radius 3 is 2.28 bits per heavy atom. The fourth-order valence-corrected chi connectivity index (χ4v) is 7.55. The van der Waals surface area contributed by atoms with E-state index in [0.29, 0.717) is 32.4 Å². The monoisotopic (exact) mass is 656 g/mol. The Bertz CT molecular complexity index is 1060. The summed E-state index contributed by atoms with van der Waals surface area (Å²) in [5, 5.41) is 17.9. The van der Waals surface area contributed by atoms with E-state index in [4.69, 9.17) is 23.7 Å². The van der Waals surface area contributed by atoms with Crippen LogP contribution in [0, 0.1) is 17.8 Å². The number of carbonyl (C=O) groups is 3. The summed E-state index contributed by atoms with van der Waals surface area (Å²) in [5.41, 5.74) is -2.17. The number of alkyl carbamates (subject to hydrolysis) is 1. The number of ketones is 1. The number of fused-ring (bicyclic) bond motifs is 1. The van der Waals surface area contributed by atoms with Gasteiger partial charge in [-0.1, -0.05) is 20.8 Å². The van der Waals surface area contributed by atoms with Crippen LogP contribution in [-0.2, 0) is 33.3 Å². The molecule has 0 radical (unpaired) electrons. The van der Waals surface area contributed by atoms with Crippen LogP contribution < -0.4 is 10.6 Å². The van der Waals surface area contributed by atoms with Gasteiger partial charge in [0, 0.05) is 31.7 Å². The Kier molecular flexibility index (Phi) is 13.1. The van der Waals surface area contributed by atoms with E-state index in [2.05, 4.69) is 17.6 Å². The lowest BCUT2D eigenvalue weighted by molar-refractivity contribution is -0.298. The number of hydrogen-bond acceptors (Lipinski definition) is 12. The summed E-state index contributed by atoms with van der Waals surface area (Å²) in [6, 6.07) is -0.966. The van der Waals surface area contributed by atoms with E-state index in [9.17, 15) is 19.5 Å². The predicted molar refractivity (Wildman–Crippen MR) is 172 cm³/mol. The number of nitrogens with one attached hydrogen (secondary N) is 2. The molecule has 3 rings (SSSR count). The van der Waals surface area contributed by atoms with E-state index in [-0.39, 0.29) is 29.9 Å². The summed E-state index contributed by atoms with van der Waals surface area (Å²) in [7, 11) is 9.34. The summed E-state index contributed by atoms with van der Waals surface area (Å²) < 4.78 is 30.9. The van der Waals surface area contributed by atoms with Gasteiger partial charge in [-0.2, -0.15) is 0 Å². The number of carbonyl (C=O) groups excluding carboxylic acids is 3. The van der Waals surface area contributed by atoms with Gasteiger partial charge in [0.25, 0.3) is 0 Å². The van der Waals surface area contributed by atoms with Crippen LogP contribution in [-0.4, -0.2) is 141 Å². The number of hydrogen-bond donors (Lipinski definition) is 3. The summed E-state index contributed by atoms with van der Waals surface area (Å²) >= 11 is 0. The third kappa shape index (κ3) is 8.40. The zero-order chi connectivity index (χ0) is 34.7. The van der Waals surface area contributed by atoms with E-state index in [1.165, 1.54) is 6.92 Å². The largest absolute Gasteiger partial charge is 0.458 e. The van der Waals surface area contributed by atoms with Crippen molar-refractivity contribution in [2.75, 3.05) is 48.4 Å². The Labute approximate surface area is 275 Å². The van der Waals surface area contributed by atoms with Crippen molar-refractivity contribution < 1.29 is 43.2 Å². The second-order valence-corrected chi connectivity index (χ2v) is 14.7. The predicted octanol–water partition coefficient (Wildman–Crippen LogP) is 1.79. The first-order valence-corrected chi connectivity index (χ1v) is 16.7. The van der Waals surface area contributed by atoms with Crippen LogP contribution in [0.15, 0.2) is 0 Å². The first-order valence-electron chi connectivity index (χ1n) is 16.7. The summed E-state index contributed by atoms with van der Waals surface area (Å²) in [6.45, 7) is 14.0. The highest BCUT2D eigenvalue weighted by Gasteiger charge is 2.55. The number of rotatable bonds is 7. The van der Waals surface area contributed by atoms with E-state index >= 15 is 0 Å². The first-order chi connectivity index (χ1) is 21.4. The fourth-order valence-electron chi connectivity index (χ4n) is 7.55. The quantitative estimate of drug-likeness (QED) is 0.271. The van der Waals surface area contributed by atoms with Gasteiger partial charge in [-0.15, -0.1) is 0 Å². The molecule has 5 unspecified atom stereocenters. The molecule has 3 heterocycles. The maximum absolute atomic E-state index is 14.1. The third-order valence-electron chi connectivity index (χ3n) is 10.3. The molecule has 46 heavy (non-hydrogen) atoms. The number of likely N-dealkylation sites (N-methyl/N-ethyl adjacent to an activating group) is 2. The van der Waals surface area contributed by atoms with Crippen LogP contribution >= 0.6 is 0 Å². The van der Waals surface area contributed by atoms with Gasteiger partial charge in [-0.3, -0.25) is 9.59 Å². The molecule has 3 aliphatic heterocycles. The van der Waals surface area contributed by atoms with Gasteiger partial charge >= 0.3 is 12.1 Å². The average molecular weight is 657 g/mol. The van der Waals surface area contributed by atoms with Crippen LogP contribution in [0.2, 0.25) is 0 Å². The van der Waals surface area contributed by atoms with E-state index in [1.807, 2.05) is 58.8 Å². The number of ether oxygens (including phenoxy) is 5. The van der Waals surface area contributed by atoms with Crippen molar-refractivity contribution in [3.05, 3.63) is 0 Å². The van der Waals surface area contributed by atoms with Crippen LogP contribution in [0.3, 0.4) is 0 Å². The molecule has 3 aliphatic rings. The Morgan fingerprint density at radius 2 is 1.72 bits per heavy atom. The van der Waals surface area contributed by atoms with E-state index in [0.717, 1.165) is 0 Å². The van der Waals surface area contributed by atoms with Gasteiger partial charge in [0.15, 0.2) is 17.7 Å². The normalized spacial score (nSPS) is 43.4. The number of esters is 1. The van der Waals surface area contributed by atoms with Gasteiger partial charge < -0.3 is 49.2 Å². The zero-order valence-corrected chi connectivity index (χ0v) is 30.0. The smallest absolute Gasteiger partial charge is 0.408 e. The highest BCUT2D eigenvalue weighted by molar-refractivity contribution is 6.00. The minimum atomic E-state index is -1.15. The second-order valence-electron chi connectivity index (χ2n) is 14.7. The summed E-state index contributed by atoms with van der Waals surface area (Å²) in [6.07, 6.45) is -3.03. The van der Waals surface area contributed by atoms with Crippen molar-refractivity contribution in [3.63, 3.8) is 0 Å². The molecule has 3 fully saturated rings. The molecule has 13 atom stereocenters. The third-order valence-corrected chi connectivity index (χ3v) is 10.3. The number of methoxy groups -OCH3 is 1.